The minimum Gasteiger partial charge on any atom is -0.456 e. The SMILES string of the molecule is c1ccc(N2c3ccccc3Oc3cc(-c4cccc(-c5ccc6c7ccccc7n(-c7ccc8oc9ccccc9c8c7)c6c5)c4)ccc32)cc1. The van der Waals surface area contributed by atoms with Crippen molar-refractivity contribution >= 4 is 60.8 Å². The van der Waals surface area contributed by atoms with Gasteiger partial charge in [0.05, 0.1) is 22.4 Å². The van der Waals surface area contributed by atoms with Crippen LogP contribution >= 0.6 is 0 Å². The molecule has 4 nitrogen and oxygen atoms in total. The van der Waals surface area contributed by atoms with Crippen LogP contribution in [0.25, 0.3) is 71.7 Å². The molecule has 52 heavy (non-hydrogen) atoms. The second-order valence-electron chi connectivity index (χ2n) is 13.4. The quantitative estimate of drug-likeness (QED) is 0.187. The fourth-order valence-electron chi connectivity index (χ4n) is 7.95. The summed E-state index contributed by atoms with van der Waals surface area (Å²) in [6.45, 7) is 0. The molecule has 4 heteroatoms. The molecule has 0 spiro atoms. The van der Waals surface area contributed by atoms with Crippen LogP contribution in [-0.4, -0.2) is 4.57 Å². The maximum absolute atomic E-state index is 6.53. The Bertz CT molecular complexity index is 3010. The highest BCUT2D eigenvalue weighted by atomic mass is 16.5. The molecule has 0 saturated heterocycles. The van der Waals surface area contributed by atoms with Gasteiger partial charge in [-0.25, -0.2) is 0 Å². The van der Waals surface area contributed by atoms with Crippen LogP contribution in [0.2, 0.25) is 0 Å². The lowest BCUT2D eigenvalue weighted by Crippen LogP contribution is -2.15. The largest absolute Gasteiger partial charge is 0.456 e. The fraction of sp³-hybridized carbons (Fsp3) is 0. The number of furan rings is 1. The van der Waals surface area contributed by atoms with Crippen LogP contribution < -0.4 is 9.64 Å². The van der Waals surface area contributed by atoms with Crippen LogP contribution in [0.3, 0.4) is 0 Å². The topological polar surface area (TPSA) is 30.5 Å². The van der Waals surface area contributed by atoms with E-state index in [1.54, 1.807) is 0 Å². The third-order valence-corrected chi connectivity index (χ3v) is 10.4. The van der Waals surface area contributed by atoms with Crippen molar-refractivity contribution in [1.82, 2.24) is 4.57 Å². The molecular formula is C48H30N2O2. The zero-order valence-electron chi connectivity index (χ0n) is 28.0. The van der Waals surface area contributed by atoms with Gasteiger partial charge in [-0.3, -0.25) is 0 Å². The molecule has 0 fully saturated rings. The molecule has 3 heterocycles. The first-order valence-electron chi connectivity index (χ1n) is 17.6. The van der Waals surface area contributed by atoms with Crippen LogP contribution in [0.5, 0.6) is 11.5 Å². The molecule has 11 rings (SSSR count). The first kappa shape index (κ1) is 28.8. The lowest BCUT2D eigenvalue weighted by molar-refractivity contribution is 0.477. The molecule has 1 aliphatic heterocycles. The number of aromatic nitrogens is 1. The third-order valence-electron chi connectivity index (χ3n) is 10.4. The fourth-order valence-corrected chi connectivity index (χ4v) is 7.95. The van der Waals surface area contributed by atoms with Crippen molar-refractivity contribution in [2.24, 2.45) is 0 Å². The third kappa shape index (κ3) is 4.41. The summed E-state index contributed by atoms with van der Waals surface area (Å²) in [7, 11) is 0. The average Bonchev–Trinajstić information content (AvgIpc) is 3.75. The Morgan fingerprint density at radius 3 is 1.92 bits per heavy atom. The number of para-hydroxylation sites is 5. The van der Waals surface area contributed by atoms with Gasteiger partial charge in [-0.05, 0) is 101 Å². The number of rotatable bonds is 4. The number of fused-ring (bicyclic) bond motifs is 8. The van der Waals surface area contributed by atoms with E-state index in [0.29, 0.717) is 0 Å². The van der Waals surface area contributed by atoms with Crippen LogP contribution in [0.4, 0.5) is 17.1 Å². The molecule has 0 amide bonds. The minimum atomic E-state index is 0.832. The van der Waals surface area contributed by atoms with Crippen LogP contribution in [0.15, 0.2) is 186 Å². The lowest BCUT2D eigenvalue weighted by atomic mass is 9.97. The van der Waals surface area contributed by atoms with Gasteiger partial charge in [-0.15, -0.1) is 0 Å². The highest BCUT2D eigenvalue weighted by Gasteiger charge is 2.26. The second kappa shape index (κ2) is 11.2. The Balaban J connectivity index is 1.02. The van der Waals surface area contributed by atoms with Crippen LogP contribution in [0.1, 0.15) is 0 Å². The maximum Gasteiger partial charge on any atom is 0.152 e. The number of ether oxygens (including phenoxy) is 1. The zero-order valence-corrected chi connectivity index (χ0v) is 28.0. The highest BCUT2D eigenvalue weighted by molar-refractivity contribution is 6.11. The van der Waals surface area contributed by atoms with Gasteiger partial charge in [0.2, 0.25) is 0 Å². The molecule has 0 atom stereocenters. The average molecular weight is 667 g/mol. The van der Waals surface area contributed by atoms with E-state index < -0.39 is 0 Å². The summed E-state index contributed by atoms with van der Waals surface area (Å²) in [4.78, 5) is 2.27. The number of nitrogens with zero attached hydrogens (tertiary/aromatic N) is 2. The first-order valence-corrected chi connectivity index (χ1v) is 17.6. The summed E-state index contributed by atoms with van der Waals surface area (Å²) < 4.78 is 15.1. The molecule has 0 aliphatic carbocycles. The predicted molar refractivity (Wildman–Crippen MR) is 214 cm³/mol. The Morgan fingerprint density at radius 1 is 0.346 bits per heavy atom. The van der Waals surface area contributed by atoms with Crippen molar-refractivity contribution in [3.8, 4) is 39.4 Å². The van der Waals surface area contributed by atoms with Gasteiger partial charge >= 0.3 is 0 Å². The summed E-state index contributed by atoms with van der Waals surface area (Å²) in [5, 5.41) is 4.70. The summed E-state index contributed by atoms with van der Waals surface area (Å²) in [5.74, 6) is 1.67. The van der Waals surface area contributed by atoms with E-state index in [1.807, 2.05) is 30.3 Å². The lowest BCUT2D eigenvalue weighted by Gasteiger charge is -2.33. The van der Waals surface area contributed by atoms with Gasteiger partial charge in [0.15, 0.2) is 11.5 Å². The number of anilines is 3. The van der Waals surface area contributed by atoms with Crippen LogP contribution in [0, 0.1) is 0 Å². The smallest absolute Gasteiger partial charge is 0.152 e. The van der Waals surface area contributed by atoms with E-state index in [4.69, 9.17) is 9.15 Å². The van der Waals surface area contributed by atoms with Crippen molar-refractivity contribution in [2.45, 2.75) is 0 Å². The molecular weight excluding hydrogens is 637 g/mol. The highest BCUT2D eigenvalue weighted by Crippen LogP contribution is 2.51. The van der Waals surface area contributed by atoms with E-state index in [1.165, 1.54) is 16.3 Å². The predicted octanol–water partition coefficient (Wildman–Crippen LogP) is 13.6. The van der Waals surface area contributed by atoms with Crippen molar-refractivity contribution in [3.05, 3.63) is 182 Å². The van der Waals surface area contributed by atoms with E-state index >= 15 is 0 Å². The molecule has 0 unspecified atom stereocenters. The number of hydrogen-bond donors (Lipinski definition) is 0. The second-order valence-corrected chi connectivity index (χ2v) is 13.4. The standard InChI is InChI=1S/C48H30N2O2/c1-2-13-35(14-3-1)49-42-18-7-9-20-47(42)52-48-29-34(22-25-43(48)49)32-12-10-11-31(27-32)33-21-24-38-37-15-4-6-17-41(37)50(44(38)28-33)36-23-26-46-40(30-36)39-16-5-8-19-45(39)51-46/h1-30H. The van der Waals surface area contributed by atoms with E-state index in [2.05, 4.69) is 161 Å². The minimum absolute atomic E-state index is 0.832. The number of benzene rings is 8. The monoisotopic (exact) mass is 666 g/mol. The summed E-state index contributed by atoms with van der Waals surface area (Å²) in [6.07, 6.45) is 0. The van der Waals surface area contributed by atoms with Crippen molar-refractivity contribution < 1.29 is 9.15 Å². The molecule has 0 bridgehead atoms. The van der Waals surface area contributed by atoms with Gasteiger partial charge in [0.1, 0.15) is 11.2 Å². The molecule has 8 aromatic carbocycles. The summed E-state index contributed by atoms with van der Waals surface area (Å²) in [5.41, 5.74) is 12.9. The first-order chi connectivity index (χ1) is 25.8. The van der Waals surface area contributed by atoms with E-state index in [0.717, 1.165) is 84.0 Å². The van der Waals surface area contributed by atoms with Gasteiger partial charge in [-0.1, -0.05) is 103 Å². The Kier molecular flexibility index (Phi) is 6.22. The van der Waals surface area contributed by atoms with Crippen LogP contribution in [-0.2, 0) is 0 Å². The molecule has 0 saturated carbocycles. The molecule has 2 aromatic heterocycles. The molecule has 0 radical (unpaired) electrons. The van der Waals surface area contributed by atoms with Gasteiger partial charge in [-0.2, -0.15) is 0 Å². The Morgan fingerprint density at radius 2 is 1.02 bits per heavy atom. The van der Waals surface area contributed by atoms with Crippen molar-refractivity contribution in [3.63, 3.8) is 0 Å². The summed E-state index contributed by atoms with van der Waals surface area (Å²) in [6, 6.07) is 64.3. The van der Waals surface area contributed by atoms with E-state index in [9.17, 15) is 0 Å². The van der Waals surface area contributed by atoms with Crippen molar-refractivity contribution in [2.75, 3.05) is 4.90 Å². The maximum atomic E-state index is 6.53. The Labute approximate surface area is 300 Å². The van der Waals surface area contributed by atoms with E-state index in [-0.39, 0.29) is 0 Å². The van der Waals surface area contributed by atoms with Gasteiger partial charge in [0.25, 0.3) is 0 Å². The van der Waals surface area contributed by atoms with Gasteiger partial charge < -0.3 is 18.6 Å². The molecule has 1 aliphatic rings. The Hall–Kier alpha value is -7.04. The molecule has 10 aromatic rings. The van der Waals surface area contributed by atoms with Gasteiger partial charge in [0, 0.05) is 32.9 Å². The number of hydrogen-bond acceptors (Lipinski definition) is 3. The zero-order chi connectivity index (χ0) is 34.2. The van der Waals surface area contributed by atoms with Crippen molar-refractivity contribution in [1.29, 1.82) is 0 Å². The molecule has 0 N–H and O–H groups in total. The summed E-state index contributed by atoms with van der Waals surface area (Å²) >= 11 is 0. The normalized spacial score (nSPS) is 12.3. The molecule has 244 valence electrons.